The van der Waals surface area contributed by atoms with Crippen molar-refractivity contribution in [1.82, 2.24) is 9.80 Å². The van der Waals surface area contributed by atoms with Gasteiger partial charge in [-0.15, -0.1) is 0 Å². The highest BCUT2D eigenvalue weighted by Gasteiger charge is 2.22. The van der Waals surface area contributed by atoms with Crippen LogP contribution in [0.25, 0.3) is 0 Å². The van der Waals surface area contributed by atoms with E-state index in [-0.39, 0.29) is 0 Å². The third-order valence-electron chi connectivity index (χ3n) is 2.48. The van der Waals surface area contributed by atoms with E-state index in [1.165, 1.54) is 32.5 Å². The van der Waals surface area contributed by atoms with Gasteiger partial charge in [0.2, 0.25) is 0 Å². The molecule has 1 aliphatic heterocycles. The van der Waals surface area contributed by atoms with E-state index >= 15 is 0 Å². The minimum Gasteiger partial charge on any atom is -0.308 e. The molecule has 0 spiro atoms. The number of likely N-dealkylation sites (N-methyl/N-ethyl adjacent to an activating group) is 2. The van der Waals surface area contributed by atoms with E-state index in [2.05, 4.69) is 30.8 Å². The predicted molar refractivity (Wildman–Crippen MR) is 71.5 cm³/mol. The maximum atomic E-state index is 2.58. The molecule has 1 fully saturated rings. The standard InChI is InChI=1S/C9H20N2.2C2H6/c1-4-11-7-5-6-9(11)8-10(2)3;2*1-2/h9H,4-8H2,1-3H3;2*1-2H3. The number of rotatable bonds is 3. The van der Waals surface area contributed by atoms with Crippen molar-refractivity contribution >= 4 is 0 Å². The molecule has 0 aromatic rings. The molecule has 2 nitrogen and oxygen atoms in total. The molecule has 15 heavy (non-hydrogen) atoms. The molecule has 0 amide bonds. The molecule has 0 bridgehead atoms. The third-order valence-corrected chi connectivity index (χ3v) is 2.48. The Labute approximate surface area is 97.6 Å². The Kier molecular flexibility index (Phi) is 13.8. The lowest BCUT2D eigenvalue weighted by molar-refractivity contribution is 0.216. The van der Waals surface area contributed by atoms with Gasteiger partial charge in [-0.3, -0.25) is 4.90 Å². The fourth-order valence-electron chi connectivity index (χ4n) is 1.94. The van der Waals surface area contributed by atoms with Gasteiger partial charge in [-0.2, -0.15) is 0 Å². The van der Waals surface area contributed by atoms with Gasteiger partial charge in [-0.25, -0.2) is 0 Å². The van der Waals surface area contributed by atoms with Gasteiger partial charge < -0.3 is 4.90 Å². The molecular weight excluding hydrogens is 184 g/mol. The van der Waals surface area contributed by atoms with Crippen molar-refractivity contribution in [1.29, 1.82) is 0 Å². The first-order valence-electron chi connectivity index (χ1n) is 6.62. The van der Waals surface area contributed by atoms with Crippen molar-refractivity contribution in [2.24, 2.45) is 0 Å². The molecule has 1 rings (SSSR count). The van der Waals surface area contributed by atoms with E-state index in [1.54, 1.807) is 0 Å². The van der Waals surface area contributed by atoms with Crippen molar-refractivity contribution in [3.63, 3.8) is 0 Å². The highest BCUT2D eigenvalue weighted by Crippen LogP contribution is 2.16. The summed E-state index contributed by atoms with van der Waals surface area (Å²) >= 11 is 0. The van der Waals surface area contributed by atoms with Gasteiger partial charge in [0.1, 0.15) is 0 Å². The predicted octanol–water partition coefficient (Wildman–Crippen LogP) is 3.08. The average Bonchev–Trinajstić information content (AvgIpc) is 2.70. The van der Waals surface area contributed by atoms with Crippen molar-refractivity contribution < 1.29 is 0 Å². The van der Waals surface area contributed by atoms with Crippen molar-refractivity contribution in [3.8, 4) is 0 Å². The molecule has 1 heterocycles. The van der Waals surface area contributed by atoms with Crippen LogP contribution in [-0.4, -0.2) is 49.6 Å². The first-order valence-corrected chi connectivity index (χ1v) is 6.62. The normalized spacial score (nSPS) is 20.4. The van der Waals surface area contributed by atoms with E-state index in [1.807, 2.05) is 27.7 Å². The summed E-state index contributed by atoms with van der Waals surface area (Å²) in [5.41, 5.74) is 0. The molecule has 0 N–H and O–H groups in total. The fraction of sp³-hybridized carbons (Fsp3) is 1.00. The summed E-state index contributed by atoms with van der Waals surface area (Å²) in [6, 6.07) is 0.829. The van der Waals surface area contributed by atoms with Crippen LogP contribution < -0.4 is 0 Å². The van der Waals surface area contributed by atoms with E-state index in [4.69, 9.17) is 0 Å². The molecule has 0 radical (unpaired) electrons. The summed E-state index contributed by atoms with van der Waals surface area (Å²) in [7, 11) is 4.32. The monoisotopic (exact) mass is 216 g/mol. The zero-order valence-corrected chi connectivity index (χ0v) is 12.0. The van der Waals surface area contributed by atoms with Gasteiger partial charge >= 0.3 is 0 Å². The summed E-state index contributed by atoms with van der Waals surface area (Å²) in [5, 5.41) is 0. The summed E-state index contributed by atoms with van der Waals surface area (Å²) in [5.74, 6) is 0. The largest absolute Gasteiger partial charge is 0.308 e. The Morgan fingerprint density at radius 3 is 2.07 bits per heavy atom. The minimum atomic E-state index is 0.829. The first-order chi connectivity index (χ1) is 7.24. The van der Waals surface area contributed by atoms with Crippen LogP contribution in [0.15, 0.2) is 0 Å². The maximum Gasteiger partial charge on any atom is 0.0223 e. The van der Waals surface area contributed by atoms with E-state index < -0.39 is 0 Å². The minimum absolute atomic E-state index is 0.829. The van der Waals surface area contributed by atoms with Gasteiger partial charge in [0.25, 0.3) is 0 Å². The smallest absolute Gasteiger partial charge is 0.0223 e. The van der Waals surface area contributed by atoms with Crippen LogP contribution in [0, 0.1) is 0 Å². The highest BCUT2D eigenvalue weighted by atomic mass is 15.2. The number of hydrogen-bond acceptors (Lipinski definition) is 2. The van der Waals surface area contributed by atoms with Crippen LogP contribution >= 0.6 is 0 Å². The molecule has 1 saturated heterocycles. The third kappa shape index (κ3) is 7.80. The number of nitrogens with zero attached hydrogens (tertiary/aromatic N) is 2. The van der Waals surface area contributed by atoms with Gasteiger partial charge in [0.05, 0.1) is 0 Å². The molecule has 1 unspecified atom stereocenters. The molecule has 1 aliphatic rings. The zero-order chi connectivity index (χ0) is 12.3. The molecule has 0 aliphatic carbocycles. The maximum absolute atomic E-state index is 2.58. The van der Waals surface area contributed by atoms with Gasteiger partial charge in [-0.05, 0) is 40.0 Å². The second-order valence-electron chi connectivity index (χ2n) is 3.69. The molecule has 0 saturated carbocycles. The molecule has 1 atom stereocenters. The fourth-order valence-corrected chi connectivity index (χ4v) is 1.94. The van der Waals surface area contributed by atoms with Crippen LogP contribution in [0.2, 0.25) is 0 Å². The number of likely N-dealkylation sites (tertiary alicyclic amines) is 1. The van der Waals surface area contributed by atoms with Crippen LogP contribution in [0.1, 0.15) is 47.5 Å². The quantitative estimate of drug-likeness (QED) is 0.715. The Morgan fingerprint density at radius 1 is 1.13 bits per heavy atom. The molecule has 0 aromatic heterocycles. The van der Waals surface area contributed by atoms with Crippen LogP contribution in [-0.2, 0) is 0 Å². The summed E-state index contributed by atoms with van der Waals surface area (Å²) in [6.45, 7) is 14.0. The van der Waals surface area contributed by atoms with Gasteiger partial charge in [0, 0.05) is 12.6 Å². The summed E-state index contributed by atoms with van der Waals surface area (Å²) < 4.78 is 0. The Morgan fingerprint density at radius 2 is 1.67 bits per heavy atom. The Balaban J connectivity index is 0. The summed E-state index contributed by atoms with van der Waals surface area (Å²) in [6.07, 6.45) is 2.79. The van der Waals surface area contributed by atoms with Gasteiger partial charge in [-0.1, -0.05) is 34.6 Å². The van der Waals surface area contributed by atoms with Gasteiger partial charge in [0.15, 0.2) is 0 Å². The van der Waals surface area contributed by atoms with Crippen molar-refractivity contribution in [2.45, 2.75) is 53.5 Å². The van der Waals surface area contributed by atoms with Crippen LogP contribution in [0.5, 0.6) is 0 Å². The molecule has 94 valence electrons. The van der Waals surface area contributed by atoms with Crippen molar-refractivity contribution in [3.05, 3.63) is 0 Å². The Hall–Kier alpha value is -0.0800. The van der Waals surface area contributed by atoms with Crippen molar-refractivity contribution in [2.75, 3.05) is 33.7 Å². The lowest BCUT2D eigenvalue weighted by atomic mass is 10.2. The second-order valence-corrected chi connectivity index (χ2v) is 3.69. The molecule has 0 aromatic carbocycles. The van der Waals surface area contributed by atoms with Crippen LogP contribution in [0.3, 0.4) is 0 Å². The second kappa shape index (κ2) is 12.0. The topological polar surface area (TPSA) is 6.48 Å². The van der Waals surface area contributed by atoms with E-state index in [0.717, 1.165) is 6.04 Å². The summed E-state index contributed by atoms with van der Waals surface area (Å²) in [4.78, 5) is 4.87. The van der Waals surface area contributed by atoms with E-state index in [0.29, 0.717) is 0 Å². The highest BCUT2D eigenvalue weighted by molar-refractivity contribution is 4.79. The first kappa shape index (κ1) is 17.3. The average molecular weight is 216 g/mol. The Bertz CT molecular complexity index is 113. The lowest BCUT2D eigenvalue weighted by Crippen LogP contribution is -2.37. The SMILES string of the molecule is CC.CC.CCN1CCCC1CN(C)C. The molecule has 2 heteroatoms. The van der Waals surface area contributed by atoms with E-state index in [9.17, 15) is 0 Å². The number of hydrogen-bond donors (Lipinski definition) is 0. The molecular formula is C13H32N2. The van der Waals surface area contributed by atoms with Crippen LogP contribution in [0.4, 0.5) is 0 Å². The lowest BCUT2D eigenvalue weighted by Gasteiger charge is -2.25. The zero-order valence-electron chi connectivity index (χ0n) is 12.0.